The summed E-state index contributed by atoms with van der Waals surface area (Å²) >= 11 is 0. The second kappa shape index (κ2) is 6.13. The lowest BCUT2D eigenvalue weighted by Gasteiger charge is -2.22. The van der Waals surface area contributed by atoms with E-state index in [0.29, 0.717) is 24.2 Å². The van der Waals surface area contributed by atoms with Gasteiger partial charge in [0.25, 0.3) is 0 Å². The van der Waals surface area contributed by atoms with Crippen molar-refractivity contribution in [3.8, 4) is 11.5 Å². The molecule has 0 amide bonds. The Morgan fingerprint density at radius 3 is 2.41 bits per heavy atom. The highest BCUT2D eigenvalue weighted by Gasteiger charge is 2.40. The van der Waals surface area contributed by atoms with Gasteiger partial charge in [-0.25, -0.2) is 8.42 Å². The molecule has 8 heteroatoms. The van der Waals surface area contributed by atoms with Gasteiger partial charge >= 0.3 is 5.97 Å². The van der Waals surface area contributed by atoms with E-state index >= 15 is 0 Å². The molecule has 1 N–H and O–H groups in total. The largest absolute Gasteiger partial charge is 0.493 e. The molecular weight excluding hydrogens is 310 g/mol. The fraction of sp³-hybridized carbons (Fsp3) is 0.500. The predicted octanol–water partition coefficient (Wildman–Crippen LogP) is 1.25. The number of rotatable bonds is 5. The van der Waals surface area contributed by atoms with Crippen molar-refractivity contribution < 1.29 is 27.8 Å². The van der Waals surface area contributed by atoms with Crippen LogP contribution in [0.25, 0.3) is 0 Å². The monoisotopic (exact) mass is 329 g/mol. The highest BCUT2D eigenvalue weighted by Crippen LogP contribution is 2.35. The average molecular weight is 329 g/mol. The lowest BCUT2D eigenvalue weighted by atomic mass is 10.2. The van der Waals surface area contributed by atoms with Crippen LogP contribution >= 0.6 is 0 Å². The summed E-state index contributed by atoms with van der Waals surface area (Å²) in [6.45, 7) is 1.84. The van der Waals surface area contributed by atoms with Crippen molar-refractivity contribution in [2.24, 2.45) is 0 Å². The zero-order valence-corrected chi connectivity index (χ0v) is 13.5. The van der Waals surface area contributed by atoms with Crippen molar-refractivity contribution in [2.45, 2.75) is 30.7 Å². The molecule has 2 rings (SSSR count). The molecule has 1 heterocycles. The molecule has 1 atom stereocenters. The van der Waals surface area contributed by atoms with E-state index in [9.17, 15) is 18.3 Å². The predicted molar refractivity (Wildman–Crippen MR) is 78.8 cm³/mol. The maximum absolute atomic E-state index is 12.8. The molecule has 1 aromatic rings. The molecule has 7 nitrogen and oxygen atoms in total. The van der Waals surface area contributed by atoms with Crippen molar-refractivity contribution in [1.29, 1.82) is 0 Å². The van der Waals surface area contributed by atoms with Gasteiger partial charge in [0, 0.05) is 12.6 Å². The summed E-state index contributed by atoms with van der Waals surface area (Å²) in [7, 11) is -1.02. The number of carboxylic acids is 1. The fourth-order valence-corrected chi connectivity index (χ4v) is 4.52. The van der Waals surface area contributed by atoms with Crippen LogP contribution in [0.4, 0.5) is 0 Å². The van der Waals surface area contributed by atoms with Crippen molar-refractivity contribution in [1.82, 2.24) is 4.31 Å². The van der Waals surface area contributed by atoms with Crippen LogP contribution in [0.5, 0.6) is 11.5 Å². The number of carboxylic acid groups (broad SMARTS) is 1. The van der Waals surface area contributed by atoms with Crippen molar-refractivity contribution in [3.63, 3.8) is 0 Å². The van der Waals surface area contributed by atoms with Crippen LogP contribution in [0.1, 0.15) is 18.4 Å². The van der Waals surface area contributed by atoms with Gasteiger partial charge in [0.15, 0.2) is 11.5 Å². The maximum atomic E-state index is 12.8. The first-order chi connectivity index (χ1) is 10.3. The minimum absolute atomic E-state index is 0.0401. The van der Waals surface area contributed by atoms with Crippen LogP contribution in [0.3, 0.4) is 0 Å². The van der Waals surface area contributed by atoms with E-state index in [2.05, 4.69) is 0 Å². The molecule has 122 valence electrons. The first kappa shape index (κ1) is 16.6. The number of aryl methyl sites for hydroxylation is 1. The zero-order chi connectivity index (χ0) is 16.5. The molecule has 1 unspecified atom stereocenters. The first-order valence-corrected chi connectivity index (χ1v) is 8.24. The Balaban J connectivity index is 2.52. The summed E-state index contributed by atoms with van der Waals surface area (Å²) in [5.41, 5.74) is 0.480. The number of carbonyl (C=O) groups is 1. The number of aliphatic carboxylic acids is 1. The van der Waals surface area contributed by atoms with E-state index in [0.717, 1.165) is 4.31 Å². The second-order valence-corrected chi connectivity index (χ2v) is 6.94. The first-order valence-electron chi connectivity index (χ1n) is 6.80. The van der Waals surface area contributed by atoms with Crippen molar-refractivity contribution >= 4 is 16.0 Å². The Morgan fingerprint density at radius 2 is 1.86 bits per heavy atom. The van der Waals surface area contributed by atoms with Gasteiger partial charge in [-0.1, -0.05) is 0 Å². The zero-order valence-electron chi connectivity index (χ0n) is 12.7. The summed E-state index contributed by atoms with van der Waals surface area (Å²) in [5.74, 6) is -0.410. The topological polar surface area (TPSA) is 93.1 Å². The van der Waals surface area contributed by atoms with E-state index in [1.165, 1.54) is 20.3 Å². The van der Waals surface area contributed by atoms with Gasteiger partial charge in [0.2, 0.25) is 10.0 Å². The molecule has 22 heavy (non-hydrogen) atoms. The Labute approximate surface area is 129 Å². The van der Waals surface area contributed by atoms with E-state index in [1.54, 1.807) is 13.0 Å². The number of benzene rings is 1. The van der Waals surface area contributed by atoms with Crippen LogP contribution in [-0.4, -0.2) is 50.6 Å². The standard InChI is InChI=1S/C14H19NO6S/c1-9-7-11(20-2)12(21-3)8-13(9)22(18,19)15-6-4-5-10(15)14(16)17/h7-8,10H,4-6H2,1-3H3,(H,16,17). The summed E-state index contributed by atoms with van der Waals surface area (Å²) in [5, 5.41) is 9.20. The van der Waals surface area contributed by atoms with Gasteiger partial charge in [0.1, 0.15) is 6.04 Å². The summed E-state index contributed by atoms with van der Waals surface area (Å²) in [6, 6.07) is 1.93. The fourth-order valence-electron chi connectivity index (χ4n) is 2.64. The Hall–Kier alpha value is -1.80. The van der Waals surface area contributed by atoms with E-state index in [1.807, 2.05) is 0 Å². The third kappa shape index (κ3) is 2.76. The van der Waals surface area contributed by atoms with Crippen molar-refractivity contribution in [2.75, 3.05) is 20.8 Å². The average Bonchev–Trinajstić information content (AvgIpc) is 2.97. The molecule has 0 aromatic heterocycles. The maximum Gasteiger partial charge on any atom is 0.322 e. The molecule has 1 saturated heterocycles. The molecule has 1 fully saturated rings. The smallest absolute Gasteiger partial charge is 0.322 e. The third-order valence-electron chi connectivity index (χ3n) is 3.76. The molecule has 0 saturated carbocycles. The van der Waals surface area contributed by atoms with Crippen LogP contribution < -0.4 is 9.47 Å². The molecule has 1 aliphatic heterocycles. The number of methoxy groups -OCH3 is 2. The van der Waals surface area contributed by atoms with E-state index < -0.39 is 22.0 Å². The molecule has 1 aromatic carbocycles. The number of ether oxygens (including phenoxy) is 2. The Morgan fingerprint density at radius 1 is 1.27 bits per heavy atom. The molecular formula is C14H19NO6S. The minimum atomic E-state index is -3.90. The van der Waals surface area contributed by atoms with Crippen LogP contribution in [0.15, 0.2) is 17.0 Å². The number of hydrogen-bond acceptors (Lipinski definition) is 5. The molecule has 1 aliphatic rings. The van der Waals surface area contributed by atoms with Crippen LogP contribution in [0, 0.1) is 6.92 Å². The van der Waals surface area contributed by atoms with E-state index in [-0.39, 0.29) is 17.2 Å². The van der Waals surface area contributed by atoms with E-state index in [4.69, 9.17) is 9.47 Å². The molecule has 0 bridgehead atoms. The SMILES string of the molecule is COc1cc(C)c(S(=O)(=O)N2CCCC2C(=O)O)cc1OC. The minimum Gasteiger partial charge on any atom is -0.493 e. The lowest BCUT2D eigenvalue weighted by molar-refractivity contribution is -0.140. The highest BCUT2D eigenvalue weighted by molar-refractivity contribution is 7.89. The Bertz CT molecular complexity index is 685. The van der Waals surface area contributed by atoms with Gasteiger partial charge in [-0.15, -0.1) is 0 Å². The lowest BCUT2D eigenvalue weighted by Crippen LogP contribution is -2.40. The van der Waals surface area contributed by atoms with Gasteiger partial charge in [-0.2, -0.15) is 4.31 Å². The van der Waals surface area contributed by atoms with Gasteiger partial charge < -0.3 is 14.6 Å². The quantitative estimate of drug-likeness (QED) is 0.874. The Kier molecular flexibility index (Phi) is 4.62. The third-order valence-corrected chi connectivity index (χ3v) is 5.81. The molecule has 0 spiro atoms. The van der Waals surface area contributed by atoms with Crippen LogP contribution in [-0.2, 0) is 14.8 Å². The normalized spacial score (nSPS) is 19.1. The highest BCUT2D eigenvalue weighted by atomic mass is 32.2. The summed E-state index contributed by atoms with van der Waals surface area (Å²) in [6.07, 6.45) is 0.851. The van der Waals surface area contributed by atoms with Gasteiger partial charge in [-0.05, 0) is 31.4 Å². The molecule has 0 aliphatic carbocycles. The summed E-state index contributed by atoms with van der Waals surface area (Å²) < 4.78 is 36.9. The molecule has 0 radical (unpaired) electrons. The number of sulfonamides is 1. The number of nitrogens with zero attached hydrogens (tertiary/aromatic N) is 1. The van der Waals surface area contributed by atoms with Gasteiger partial charge in [-0.3, -0.25) is 4.79 Å². The number of hydrogen-bond donors (Lipinski definition) is 1. The second-order valence-electron chi connectivity index (χ2n) is 5.08. The van der Waals surface area contributed by atoms with Gasteiger partial charge in [0.05, 0.1) is 19.1 Å². The van der Waals surface area contributed by atoms with Crippen molar-refractivity contribution in [3.05, 3.63) is 17.7 Å². The van der Waals surface area contributed by atoms with Crippen LogP contribution in [0.2, 0.25) is 0 Å². The summed E-state index contributed by atoms with van der Waals surface area (Å²) in [4.78, 5) is 11.3.